The number of imide groups is 1. The Morgan fingerprint density at radius 2 is 1.20 bits per heavy atom. The summed E-state index contributed by atoms with van der Waals surface area (Å²) in [7, 11) is 0. The Balaban J connectivity index is 1.86. The first-order valence-electron chi connectivity index (χ1n) is 9.27. The van der Waals surface area contributed by atoms with Gasteiger partial charge in [-0.3, -0.25) is 9.59 Å². The highest BCUT2D eigenvalue weighted by Crippen LogP contribution is 2.37. The van der Waals surface area contributed by atoms with Crippen molar-refractivity contribution in [2.45, 2.75) is 0 Å². The molecule has 4 aromatic rings. The average molecular weight is 408 g/mol. The molecule has 4 rings (SSSR count). The van der Waals surface area contributed by atoms with Crippen LogP contribution >= 0.6 is 11.3 Å². The maximum atomic E-state index is 13.4. The molecule has 0 radical (unpaired) electrons. The number of nitrogens with zero attached hydrogens (tertiary/aromatic N) is 2. The second-order valence-electron chi connectivity index (χ2n) is 6.48. The summed E-state index contributed by atoms with van der Waals surface area (Å²) >= 11 is 1.26. The third-order valence-corrected chi connectivity index (χ3v) is 5.64. The number of anilines is 1. The maximum Gasteiger partial charge on any atom is 0.265 e. The lowest BCUT2D eigenvalue weighted by Gasteiger charge is -2.20. The van der Waals surface area contributed by atoms with Gasteiger partial charge in [-0.05, 0) is 35.9 Å². The minimum Gasteiger partial charge on any atom is -0.268 e. The smallest absolute Gasteiger partial charge is 0.265 e. The van der Waals surface area contributed by atoms with E-state index in [0.29, 0.717) is 21.7 Å². The van der Waals surface area contributed by atoms with E-state index in [1.54, 1.807) is 66.7 Å². The lowest BCUT2D eigenvalue weighted by atomic mass is 10.1. The van der Waals surface area contributed by atoms with E-state index in [4.69, 9.17) is 0 Å². The third-order valence-electron chi connectivity index (χ3n) is 4.56. The van der Waals surface area contributed by atoms with Crippen LogP contribution in [0.4, 0.5) is 5.69 Å². The third kappa shape index (κ3) is 3.77. The van der Waals surface area contributed by atoms with Crippen molar-refractivity contribution in [2.24, 2.45) is 0 Å². The number of benzene rings is 3. The molecular formula is C25H16N2O2S. The van der Waals surface area contributed by atoms with Gasteiger partial charge in [0.1, 0.15) is 10.9 Å². The number of rotatable bonds is 4. The van der Waals surface area contributed by atoms with Crippen molar-refractivity contribution >= 4 is 28.8 Å². The lowest BCUT2D eigenvalue weighted by molar-refractivity contribution is 0.0897. The van der Waals surface area contributed by atoms with Gasteiger partial charge in [0.15, 0.2) is 0 Å². The second-order valence-corrected chi connectivity index (χ2v) is 7.53. The van der Waals surface area contributed by atoms with Gasteiger partial charge in [-0.1, -0.05) is 66.7 Å². The van der Waals surface area contributed by atoms with Crippen molar-refractivity contribution in [1.29, 1.82) is 5.26 Å². The van der Waals surface area contributed by atoms with Crippen LogP contribution in [-0.4, -0.2) is 11.8 Å². The molecule has 1 heterocycles. The predicted molar refractivity (Wildman–Crippen MR) is 118 cm³/mol. The number of hydrogen-bond donors (Lipinski definition) is 0. The molecule has 4 nitrogen and oxygen atoms in total. The van der Waals surface area contributed by atoms with Crippen molar-refractivity contribution in [3.8, 4) is 16.5 Å². The molecule has 0 N–H and O–H groups in total. The molecule has 1 aromatic heterocycles. The SMILES string of the molecule is N#Cc1sc(-c2ccccc2)cc1N(C(=O)c1ccccc1)C(=O)c1ccccc1. The number of thiophene rings is 1. The zero-order chi connectivity index (χ0) is 20.9. The summed E-state index contributed by atoms with van der Waals surface area (Å²) in [5.74, 6) is -0.947. The van der Waals surface area contributed by atoms with Crippen LogP contribution in [0.2, 0.25) is 0 Å². The molecule has 5 heteroatoms. The van der Waals surface area contributed by atoms with E-state index in [0.717, 1.165) is 15.3 Å². The fraction of sp³-hybridized carbons (Fsp3) is 0. The van der Waals surface area contributed by atoms with Gasteiger partial charge in [-0.25, -0.2) is 4.90 Å². The monoisotopic (exact) mass is 408 g/mol. The van der Waals surface area contributed by atoms with Crippen LogP contribution in [0.15, 0.2) is 97.1 Å². The first-order valence-corrected chi connectivity index (χ1v) is 10.1. The fourth-order valence-corrected chi connectivity index (χ4v) is 4.05. The molecule has 0 atom stereocenters. The summed E-state index contributed by atoms with van der Waals surface area (Å²) in [6.07, 6.45) is 0. The Kier molecular flexibility index (Phi) is 5.51. The predicted octanol–water partition coefficient (Wildman–Crippen LogP) is 5.77. The average Bonchev–Trinajstić information content (AvgIpc) is 3.25. The number of carbonyl (C=O) groups is 2. The van der Waals surface area contributed by atoms with Crippen molar-refractivity contribution < 1.29 is 9.59 Å². The molecule has 0 fully saturated rings. The zero-order valence-electron chi connectivity index (χ0n) is 15.9. The number of hydrogen-bond acceptors (Lipinski definition) is 4. The minimum absolute atomic E-state index is 0.295. The topological polar surface area (TPSA) is 61.2 Å². The van der Waals surface area contributed by atoms with Crippen LogP contribution in [-0.2, 0) is 0 Å². The standard InChI is InChI=1S/C25H16N2O2S/c26-17-23-21(16-22(30-23)18-10-4-1-5-11-18)27(24(28)19-12-6-2-7-13-19)25(29)20-14-8-3-9-15-20/h1-16H. The molecule has 0 saturated heterocycles. The summed E-state index contributed by atoms with van der Waals surface area (Å²) < 4.78 is 0. The van der Waals surface area contributed by atoms with Gasteiger partial charge in [0.25, 0.3) is 11.8 Å². The van der Waals surface area contributed by atoms with Gasteiger partial charge in [0.2, 0.25) is 0 Å². The Hall–Kier alpha value is -4.01. The van der Waals surface area contributed by atoms with Gasteiger partial charge in [0, 0.05) is 16.0 Å². The van der Waals surface area contributed by atoms with Crippen LogP contribution in [0.3, 0.4) is 0 Å². The van der Waals surface area contributed by atoms with Gasteiger partial charge < -0.3 is 0 Å². The summed E-state index contributed by atoms with van der Waals surface area (Å²) in [4.78, 5) is 29.0. The lowest BCUT2D eigenvalue weighted by Crippen LogP contribution is -2.37. The van der Waals surface area contributed by atoms with E-state index in [2.05, 4.69) is 6.07 Å². The first-order chi connectivity index (χ1) is 14.7. The number of amides is 2. The summed E-state index contributed by atoms with van der Waals surface area (Å²) in [5.41, 5.74) is 1.96. The summed E-state index contributed by atoms with van der Waals surface area (Å²) in [5, 5.41) is 9.74. The zero-order valence-corrected chi connectivity index (χ0v) is 16.7. The molecule has 0 spiro atoms. The Bertz CT molecular complexity index is 1180. The Morgan fingerprint density at radius 3 is 1.67 bits per heavy atom. The van der Waals surface area contributed by atoms with E-state index < -0.39 is 11.8 Å². The normalized spacial score (nSPS) is 10.2. The fourth-order valence-electron chi connectivity index (χ4n) is 3.10. The van der Waals surface area contributed by atoms with E-state index in [9.17, 15) is 14.9 Å². The highest BCUT2D eigenvalue weighted by Gasteiger charge is 2.29. The molecule has 144 valence electrons. The molecule has 0 aliphatic rings. The molecular weight excluding hydrogens is 392 g/mol. The maximum absolute atomic E-state index is 13.4. The number of carbonyl (C=O) groups excluding carboxylic acids is 2. The highest BCUT2D eigenvalue weighted by molar-refractivity contribution is 7.16. The van der Waals surface area contributed by atoms with Crippen LogP contribution in [0.25, 0.3) is 10.4 Å². The Labute approximate surface area is 178 Å². The first kappa shape index (κ1) is 19.3. The van der Waals surface area contributed by atoms with E-state index >= 15 is 0 Å². The molecule has 0 aliphatic carbocycles. The largest absolute Gasteiger partial charge is 0.268 e. The van der Waals surface area contributed by atoms with E-state index in [1.165, 1.54) is 11.3 Å². The summed E-state index contributed by atoms with van der Waals surface area (Å²) in [6.45, 7) is 0. The van der Waals surface area contributed by atoms with Crippen LogP contribution < -0.4 is 4.90 Å². The molecule has 0 unspecified atom stereocenters. The van der Waals surface area contributed by atoms with Crippen molar-refractivity contribution in [2.75, 3.05) is 4.90 Å². The van der Waals surface area contributed by atoms with Crippen molar-refractivity contribution in [3.63, 3.8) is 0 Å². The van der Waals surface area contributed by atoms with Crippen molar-refractivity contribution in [1.82, 2.24) is 0 Å². The van der Waals surface area contributed by atoms with Gasteiger partial charge in [-0.2, -0.15) is 5.26 Å². The number of nitriles is 1. The van der Waals surface area contributed by atoms with E-state index in [1.807, 2.05) is 30.3 Å². The quantitative estimate of drug-likeness (QED) is 0.403. The summed E-state index contributed by atoms with van der Waals surface area (Å²) in [6, 6.07) is 30.7. The molecule has 30 heavy (non-hydrogen) atoms. The van der Waals surface area contributed by atoms with Gasteiger partial charge in [-0.15, -0.1) is 11.3 Å². The van der Waals surface area contributed by atoms with Crippen LogP contribution in [0.5, 0.6) is 0 Å². The Morgan fingerprint density at radius 1 is 0.733 bits per heavy atom. The van der Waals surface area contributed by atoms with E-state index in [-0.39, 0.29) is 0 Å². The molecule has 2 amide bonds. The second kappa shape index (κ2) is 8.56. The highest BCUT2D eigenvalue weighted by atomic mass is 32.1. The van der Waals surface area contributed by atoms with Crippen LogP contribution in [0, 0.1) is 11.3 Å². The molecule has 3 aromatic carbocycles. The molecule has 0 saturated carbocycles. The molecule has 0 bridgehead atoms. The van der Waals surface area contributed by atoms with Gasteiger partial charge >= 0.3 is 0 Å². The van der Waals surface area contributed by atoms with Gasteiger partial charge in [0.05, 0.1) is 5.69 Å². The molecule has 0 aliphatic heterocycles. The van der Waals surface area contributed by atoms with Crippen molar-refractivity contribution in [3.05, 3.63) is 113 Å². The van der Waals surface area contributed by atoms with Crippen LogP contribution in [0.1, 0.15) is 25.6 Å². The minimum atomic E-state index is -0.474.